The lowest BCUT2D eigenvalue weighted by Gasteiger charge is -2.24. The molecule has 0 spiro atoms. The Kier molecular flexibility index (Phi) is 5.28. The first-order valence-corrected chi connectivity index (χ1v) is 9.91. The van der Waals surface area contributed by atoms with Gasteiger partial charge in [0, 0.05) is 23.2 Å². The third-order valence-electron chi connectivity index (χ3n) is 5.56. The van der Waals surface area contributed by atoms with Gasteiger partial charge in [0.15, 0.2) is 0 Å². The largest absolute Gasteiger partial charge is 0.361 e. The molecule has 1 N–H and O–H groups in total. The molecule has 1 amide bonds. The second-order valence-electron chi connectivity index (χ2n) is 7.50. The third-order valence-corrected chi connectivity index (χ3v) is 5.56. The Morgan fingerprint density at radius 3 is 2.86 bits per heavy atom. The zero-order valence-electron chi connectivity index (χ0n) is 16.4. The Hall–Kier alpha value is -2.89. The molecule has 2 heterocycles. The SMILES string of the molecule is Cc1noc(C)c1CCC(=O)N[C@@H]1CCCc2c1cnn2Cc1ccccc1. The number of aromatic nitrogens is 3. The van der Waals surface area contributed by atoms with Gasteiger partial charge in [-0.1, -0.05) is 35.5 Å². The van der Waals surface area contributed by atoms with Gasteiger partial charge in [-0.2, -0.15) is 5.10 Å². The molecule has 1 aliphatic rings. The van der Waals surface area contributed by atoms with Gasteiger partial charge in [-0.05, 0) is 45.1 Å². The summed E-state index contributed by atoms with van der Waals surface area (Å²) in [5, 5.41) is 11.8. The highest BCUT2D eigenvalue weighted by molar-refractivity contribution is 5.76. The molecular formula is C22H26N4O2. The average molecular weight is 378 g/mol. The molecule has 1 aliphatic carbocycles. The van der Waals surface area contributed by atoms with Gasteiger partial charge in [-0.25, -0.2) is 0 Å². The molecule has 0 radical (unpaired) electrons. The van der Waals surface area contributed by atoms with Crippen LogP contribution in [0.2, 0.25) is 0 Å². The average Bonchev–Trinajstić information content (AvgIpc) is 3.25. The molecular weight excluding hydrogens is 352 g/mol. The predicted octanol–water partition coefficient (Wildman–Crippen LogP) is 3.66. The molecule has 1 aromatic carbocycles. The Bertz CT molecular complexity index is 939. The van der Waals surface area contributed by atoms with Gasteiger partial charge in [0.1, 0.15) is 5.76 Å². The standard InChI is InChI=1S/C22H26N4O2/c1-15-18(16(2)28-25-15)11-12-22(27)24-20-9-6-10-21-19(20)13-23-26(21)14-17-7-4-3-5-8-17/h3-5,7-8,13,20H,6,9-12,14H2,1-2H3,(H,24,27)/t20-/m1/s1. The number of nitrogens with zero attached hydrogens (tertiary/aromatic N) is 3. The van der Waals surface area contributed by atoms with E-state index in [1.165, 1.54) is 11.3 Å². The van der Waals surface area contributed by atoms with Crippen molar-refractivity contribution in [3.05, 3.63) is 70.4 Å². The summed E-state index contributed by atoms with van der Waals surface area (Å²) in [5.41, 5.74) is 5.54. The van der Waals surface area contributed by atoms with Gasteiger partial charge < -0.3 is 9.84 Å². The van der Waals surface area contributed by atoms with E-state index in [2.05, 4.69) is 32.4 Å². The normalized spacial score (nSPS) is 16.0. The Morgan fingerprint density at radius 2 is 2.11 bits per heavy atom. The van der Waals surface area contributed by atoms with E-state index in [1.54, 1.807) is 0 Å². The topological polar surface area (TPSA) is 73.0 Å². The molecule has 146 valence electrons. The van der Waals surface area contributed by atoms with Crippen LogP contribution < -0.4 is 5.32 Å². The van der Waals surface area contributed by atoms with Gasteiger partial charge in [0.25, 0.3) is 0 Å². The lowest BCUT2D eigenvalue weighted by Crippen LogP contribution is -2.31. The molecule has 2 aromatic heterocycles. The molecule has 0 saturated heterocycles. The number of benzene rings is 1. The van der Waals surface area contributed by atoms with Crippen LogP contribution in [0.4, 0.5) is 0 Å². The van der Waals surface area contributed by atoms with Crippen molar-refractivity contribution in [2.24, 2.45) is 0 Å². The van der Waals surface area contributed by atoms with Crippen LogP contribution in [0.5, 0.6) is 0 Å². The van der Waals surface area contributed by atoms with Crippen LogP contribution in [-0.2, 0) is 24.2 Å². The van der Waals surface area contributed by atoms with Gasteiger partial charge in [0.2, 0.25) is 5.91 Å². The quantitative estimate of drug-likeness (QED) is 0.710. The molecule has 6 nitrogen and oxygen atoms in total. The highest BCUT2D eigenvalue weighted by Crippen LogP contribution is 2.30. The summed E-state index contributed by atoms with van der Waals surface area (Å²) in [6.07, 6.45) is 6.04. The van der Waals surface area contributed by atoms with Gasteiger partial charge in [-0.15, -0.1) is 0 Å². The number of amides is 1. The van der Waals surface area contributed by atoms with E-state index in [1.807, 2.05) is 38.2 Å². The number of fused-ring (bicyclic) bond motifs is 1. The van der Waals surface area contributed by atoms with Crippen LogP contribution in [0, 0.1) is 13.8 Å². The number of nitrogens with one attached hydrogen (secondary N) is 1. The molecule has 4 rings (SSSR count). The molecule has 28 heavy (non-hydrogen) atoms. The number of rotatable bonds is 6. The van der Waals surface area contributed by atoms with Crippen LogP contribution in [0.15, 0.2) is 41.1 Å². The number of carbonyl (C=O) groups excluding carboxylic acids is 1. The minimum absolute atomic E-state index is 0.0467. The highest BCUT2D eigenvalue weighted by Gasteiger charge is 2.25. The fraction of sp³-hybridized carbons (Fsp3) is 0.409. The maximum Gasteiger partial charge on any atom is 0.220 e. The Balaban J connectivity index is 1.41. The summed E-state index contributed by atoms with van der Waals surface area (Å²) in [4.78, 5) is 12.5. The smallest absolute Gasteiger partial charge is 0.220 e. The summed E-state index contributed by atoms with van der Waals surface area (Å²) < 4.78 is 7.26. The second-order valence-corrected chi connectivity index (χ2v) is 7.50. The monoisotopic (exact) mass is 378 g/mol. The Labute approximate surface area is 164 Å². The maximum atomic E-state index is 12.5. The number of hydrogen-bond donors (Lipinski definition) is 1. The fourth-order valence-corrected chi connectivity index (χ4v) is 4.03. The minimum atomic E-state index is 0.0467. The maximum absolute atomic E-state index is 12.5. The summed E-state index contributed by atoms with van der Waals surface area (Å²) >= 11 is 0. The minimum Gasteiger partial charge on any atom is -0.361 e. The van der Waals surface area contributed by atoms with E-state index in [-0.39, 0.29) is 11.9 Å². The van der Waals surface area contributed by atoms with Crippen molar-refractivity contribution in [2.75, 3.05) is 0 Å². The summed E-state index contributed by atoms with van der Waals surface area (Å²) in [7, 11) is 0. The zero-order valence-corrected chi connectivity index (χ0v) is 16.4. The summed E-state index contributed by atoms with van der Waals surface area (Å²) in [6.45, 7) is 4.57. The van der Waals surface area contributed by atoms with Crippen molar-refractivity contribution in [1.82, 2.24) is 20.3 Å². The van der Waals surface area contributed by atoms with E-state index >= 15 is 0 Å². The number of carbonyl (C=O) groups is 1. The van der Waals surface area contributed by atoms with Gasteiger partial charge in [-0.3, -0.25) is 9.48 Å². The van der Waals surface area contributed by atoms with Crippen LogP contribution in [-0.4, -0.2) is 20.8 Å². The predicted molar refractivity (Wildman–Crippen MR) is 106 cm³/mol. The molecule has 0 saturated carbocycles. The van der Waals surface area contributed by atoms with E-state index in [0.717, 1.165) is 48.4 Å². The van der Waals surface area contributed by atoms with Crippen LogP contribution >= 0.6 is 0 Å². The molecule has 1 atom stereocenters. The molecule has 3 aromatic rings. The van der Waals surface area contributed by atoms with E-state index in [4.69, 9.17) is 4.52 Å². The van der Waals surface area contributed by atoms with E-state index in [9.17, 15) is 4.79 Å². The fourth-order valence-electron chi connectivity index (χ4n) is 4.03. The number of hydrogen-bond acceptors (Lipinski definition) is 4. The number of aryl methyl sites for hydroxylation is 2. The van der Waals surface area contributed by atoms with Crippen molar-refractivity contribution in [1.29, 1.82) is 0 Å². The van der Waals surface area contributed by atoms with E-state index < -0.39 is 0 Å². The van der Waals surface area contributed by atoms with Crippen molar-refractivity contribution in [3.8, 4) is 0 Å². The Morgan fingerprint density at radius 1 is 1.29 bits per heavy atom. The first-order chi connectivity index (χ1) is 13.6. The lowest BCUT2D eigenvalue weighted by molar-refractivity contribution is -0.121. The highest BCUT2D eigenvalue weighted by atomic mass is 16.5. The van der Waals surface area contributed by atoms with Crippen molar-refractivity contribution < 1.29 is 9.32 Å². The van der Waals surface area contributed by atoms with E-state index in [0.29, 0.717) is 12.8 Å². The first kappa shape index (κ1) is 18.5. The molecule has 0 unspecified atom stereocenters. The van der Waals surface area contributed by atoms with Crippen LogP contribution in [0.1, 0.15) is 59.1 Å². The van der Waals surface area contributed by atoms with Gasteiger partial charge in [0.05, 0.1) is 24.5 Å². The van der Waals surface area contributed by atoms with Crippen molar-refractivity contribution in [2.45, 2.75) is 58.5 Å². The van der Waals surface area contributed by atoms with Crippen molar-refractivity contribution >= 4 is 5.91 Å². The first-order valence-electron chi connectivity index (χ1n) is 9.91. The summed E-state index contributed by atoms with van der Waals surface area (Å²) in [5.74, 6) is 0.862. The van der Waals surface area contributed by atoms with Crippen molar-refractivity contribution in [3.63, 3.8) is 0 Å². The summed E-state index contributed by atoms with van der Waals surface area (Å²) in [6, 6.07) is 10.4. The lowest BCUT2D eigenvalue weighted by atomic mass is 9.92. The molecule has 0 aliphatic heterocycles. The zero-order chi connectivity index (χ0) is 19.5. The second kappa shape index (κ2) is 8.00. The molecule has 6 heteroatoms. The van der Waals surface area contributed by atoms with Gasteiger partial charge >= 0.3 is 0 Å². The van der Waals surface area contributed by atoms with Crippen LogP contribution in [0.25, 0.3) is 0 Å². The van der Waals surface area contributed by atoms with Crippen LogP contribution in [0.3, 0.4) is 0 Å². The molecule has 0 bridgehead atoms. The molecule has 0 fully saturated rings. The third kappa shape index (κ3) is 3.86.